The highest BCUT2D eigenvalue weighted by atomic mass is 79.9. The third kappa shape index (κ3) is 3.52. The highest BCUT2D eigenvalue weighted by Crippen LogP contribution is 2.27. The van der Waals surface area contributed by atoms with Crippen molar-refractivity contribution in [3.63, 3.8) is 0 Å². The third-order valence-electron chi connectivity index (χ3n) is 2.22. The number of amides is 1. The molecular formula is C12H17BrN2O. The lowest BCUT2D eigenvalue weighted by molar-refractivity contribution is -0.116. The van der Waals surface area contributed by atoms with Crippen LogP contribution in [0, 0.1) is 12.8 Å². The first kappa shape index (κ1) is 13.0. The molecule has 3 nitrogen and oxygen atoms in total. The SMILES string of the molecule is Cc1cc(Br)cc(NC(=O)CC(C)C)c1N. The molecule has 1 amide bonds. The van der Waals surface area contributed by atoms with Gasteiger partial charge >= 0.3 is 0 Å². The standard InChI is InChI=1S/C12H17BrN2O/c1-7(2)4-11(16)15-10-6-9(13)5-8(3)12(10)14/h5-7H,4,14H2,1-3H3,(H,15,16). The van der Waals surface area contributed by atoms with Crippen LogP contribution in [0.2, 0.25) is 0 Å². The molecule has 0 bridgehead atoms. The van der Waals surface area contributed by atoms with E-state index < -0.39 is 0 Å². The minimum absolute atomic E-state index is 0.000741. The highest BCUT2D eigenvalue weighted by Gasteiger charge is 2.09. The minimum atomic E-state index is -0.000741. The van der Waals surface area contributed by atoms with Crippen LogP contribution in [-0.4, -0.2) is 5.91 Å². The fourth-order valence-corrected chi connectivity index (χ4v) is 2.00. The van der Waals surface area contributed by atoms with Crippen molar-refractivity contribution in [3.8, 4) is 0 Å². The normalized spacial score (nSPS) is 10.6. The van der Waals surface area contributed by atoms with Gasteiger partial charge in [-0.2, -0.15) is 0 Å². The molecule has 3 N–H and O–H groups in total. The van der Waals surface area contributed by atoms with Crippen molar-refractivity contribution in [1.29, 1.82) is 0 Å². The van der Waals surface area contributed by atoms with E-state index >= 15 is 0 Å². The van der Waals surface area contributed by atoms with Crippen molar-refractivity contribution in [2.24, 2.45) is 5.92 Å². The summed E-state index contributed by atoms with van der Waals surface area (Å²) in [4.78, 5) is 11.6. The van der Waals surface area contributed by atoms with E-state index in [0.717, 1.165) is 10.0 Å². The molecule has 0 atom stereocenters. The predicted octanol–water partition coefficient (Wildman–Crippen LogP) is 3.32. The van der Waals surface area contributed by atoms with Crippen molar-refractivity contribution in [3.05, 3.63) is 22.2 Å². The summed E-state index contributed by atoms with van der Waals surface area (Å²) in [6, 6.07) is 3.74. The van der Waals surface area contributed by atoms with Gasteiger partial charge in [-0.05, 0) is 30.5 Å². The van der Waals surface area contributed by atoms with Crippen LogP contribution in [0.4, 0.5) is 11.4 Å². The number of benzene rings is 1. The number of nitrogens with two attached hydrogens (primary N) is 1. The molecule has 88 valence electrons. The van der Waals surface area contributed by atoms with E-state index in [2.05, 4.69) is 21.2 Å². The largest absolute Gasteiger partial charge is 0.397 e. The first-order valence-electron chi connectivity index (χ1n) is 5.25. The molecule has 0 saturated heterocycles. The summed E-state index contributed by atoms with van der Waals surface area (Å²) in [6.45, 7) is 5.93. The Morgan fingerprint density at radius 2 is 2.12 bits per heavy atom. The van der Waals surface area contributed by atoms with Gasteiger partial charge in [0, 0.05) is 10.9 Å². The van der Waals surface area contributed by atoms with Crippen LogP contribution in [0.5, 0.6) is 0 Å². The van der Waals surface area contributed by atoms with Gasteiger partial charge in [-0.15, -0.1) is 0 Å². The number of carbonyl (C=O) groups is 1. The number of aryl methyl sites for hydroxylation is 1. The fraction of sp³-hybridized carbons (Fsp3) is 0.417. The summed E-state index contributed by atoms with van der Waals surface area (Å²) >= 11 is 3.38. The van der Waals surface area contributed by atoms with Crippen molar-refractivity contribution < 1.29 is 4.79 Å². The van der Waals surface area contributed by atoms with Crippen LogP contribution in [0.15, 0.2) is 16.6 Å². The van der Waals surface area contributed by atoms with E-state index in [4.69, 9.17) is 5.73 Å². The van der Waals surface area contributed by atoms with Gasteiger partial charge in [0.25, 0.3) is 0 Å². The summed E-state index contributed by atoms with van der Waals surface area (Å²) in [5.41, 5.74) is 8.15. The predicted molar refractivity (Wildman–Crippen MR) is 71.4 cm³/mol. The van der Waals surface area contributed by atoms with Gasteiger partial charge < -0.3 is 11.1 Å². The van der Waals surface area contributed by atoms with Crippen molar-refractivity contribution in [1.82, 2.24) is 0 Å². The summed E-state index contributed by atoms with van der Waals surface area (Å²) in [7, 11) is 0. The number of halogens is 1. The maximum Gasteiger partial charge on any atom is 0.224 e. The number of rotatable bonds is 3. The van der Waals surface area contributed by atoms with Crippen LogP contribution in [0.25, 0.3) is 0 Å². The zero-order valence-corrected chi connectivity index (χ0v) is 11.4. The van der Waals surface area contributed by atoms with E-state index in [9.17, 15) is 4.79 Å². The van der Waals surface area contributed by atoms with Gasteiger partial charge in [0.15, 0.2) is 0 Å². The minimum Gasteiger partial charge on any atom is -0.397 e. The third-order valence-corrected chi connectivity index (χ3v) is 2.68. The Balaban J connectivity index is 2.85. The summed E-state index contributed by atoms with van der Waals surface area (Å²) in [5, 5.41) is 2.83. The number of carbonyl (C=O) groups excluding carboxylic acids is 1. The van der Waals surface area contributed by atoms with E-state index in [1.165, 1.54) is 0 Å². The smallest absolute Gasteiger partial charge is 0.224 e. The lowest BCUT2D eigenvalue weighted by atomic mass is 10.1. The number of anilines is 2. The van der Waals surface area contributed by atoms with Gasteiger partial charge in [0.05, 0.1) is 11.4 Å². The molecule has 1 aromatic rings. The first-order chi connectivity index (χ1) is 7.40. The van der Waals surface area contributed by atoms with Crippen LogP contribution < -0.4 is 11.1 Å². The summed E-state index contributed by atoms with van der Waals surface area (Å²) in [5.74, 6) is 0.341. The molecule has 0 unspecified atom stereocenters. The van der Waals surface area contributed by atoms with Crippen molar-refractivity contribution in [2.75, 3.05) is 11.1 Å². The second-order valence-electron chi connectivity index (χ2n) is 4.33. The van der Waals surface area contributed by atoms with Crippen LogP contribution >= 0.6 is 15.9 Å². The zero-order valence-electron chi connectivity index (χ0n) is 9.80. The quantitative estimate of drug-likeness (QED) is 0.837. The highest BCUT2D eigenvalue weighted by molar-refractivity contribution is 9.10. The van der Waals surface area contributed by atoms with Crippen LogP contribution in [0.3, 0.4) is 0 Å². The van der Waals surface area contributed by atoms with E-state index in [1.807, 2.05) is 32.9 Å². The lowest BCUT2D eigenvalue weighted by Crippen LogP contribution is -2.15. The number of nitrogen functional groups attached to an aromatic ring is 1. The monoisotopic (exact) mass is 284 g/mol. The molecule has 0 heterocycles. The Morgan fingerprint density at radius 3 is 2.69 bits per heavy atom. The summed E-state index contributed by atoms with van der Waals surface area (Å²) < 4.78 is 0.916. The van der Waals surface area contributed by atoms with E-state index in [-0.39, 0.29) is 5.91 Å². The maximum absolute atomic E-state index is 11.6. The number of nitrogens with one attached hydrogen (secondary N) is 1. The van der Waals surface area contributed by atoms with Gasteiger partial charge in [0.2, 0.25) is 5.91 Å². The molecule has 0 aliphatic carbocycles. The average molecular weight is 285 g/mol. The molecule has 0 fully saturated rings. The Kier molecular flexibility index (Phi) is 4.35. The van der Waals surface area contributed by atoms with Crippen molar-refractivity contribution in [2.45, 2.75) is 27.2 Å². The molecule has 0 aliphatic rings. The Labute approximate surface area is 105 Å². The zero-order chi connectivity index (χ0) is 12.3. The molecule has 0 saturated carbocycles. The van der Waals surface area contributed by atoms with Gasteiger partial charge in [-0.1, -0.05) is 29.8 Å². The first-order valence-corrected chi connectivity index (χ1v) is 6.05. The van der Waals surface area contributed by atoms with Crippen LogP contribution in [-0.2, 0) is 4.79 Å². The average Bonchev–Trinajstić information content (AvgIpc) is 2.11. The van der Waals surface area contributed by atoms with Crippen LogP contribution in [0.1, 0.15) is 25.8 Å². The molecule has 0 spiro atoms. The Morgan fingerprint density at radius 1 is 1.50 bits per heavy atom. The molecule has 1 rings (SSSR count). The molecule has 0 radical (unpaired) electrons. The van der Waals surface area contributed by atoms with Gasteiger partial charge in [-0.25, -0.2) is 0 Å². The molecule has 0 aromatic heterocycles. The summed E-state index contributed by atoms with van der Waals surface area (Å²) in [6.07, 6.45) is 0.505. The van der Waals surface area contributed by atoms with Gasteiger partial charge in [-0.3, -0.25) is 4.79 Å². The second-order valence-corrected chi connectivity index (χ2v) is 5.25. The topological polar surface area (TPSA) is 55.1 Å². The fourth-order valence-electron chi connectivity index (χ4n) is 1.43. The molecule has 1 aromatic carbocycles. The van der Waals surface area contributed by atoms with Crippen molar-refractivity contribution >= 4 is 33.2 Å². The Hall–Kier alpha value is -1.03. The molecule has 16 heavy (non-hydrogen) atoms. The molecule has 0 aliphatic heterocycles. The number of hydrogen-bond donors (Lipinski definition) is 2. The van der Waals surface area contributed by atoms with Gasteiger partial charge in [0.1, 0.15) is 0 Å². The Bertz CT molecular complexity index is 402. The molecule has 4 heteroatoms. The van der Waals surface area contributed by atoms with E-state index in [0.29, 0.717) is 23.7 Å². The van der Waals surface area contributed by atoms with E-state index in [1.54, 1.807) is 0 Å². The number of hydrogen-bond acceptors (Lipinski definition) is 2. The second kappa shape index (κ2) is 5.34. The molecular weight excluding hydrogens is 268 g/mol. The maximum atomic E-state index is 11.6. The lowest BCUT2D eigenvalue weighted by Gasteiger charge is -2.12.